The molecule has 1 aliphatic heterocycles. The Morgan fingerprint density at radius 3 is 2.71 bits per heavy atom. The van der Waals surface area contributed by atoms with Crippen LogP contribution >= 0.6 is 0 Å². The third-order valence-corrected chi connectivity index (χ3v) is 2.40. The average Bonchev–Trinajstić information content (AvgIpc) is 2.30. The first-order valence-corrected chi connectivity index (χ1v) is 4.75. The van der Waals surface area contributed by atoms with Gasteiger partial charge in [0.1, 0.15) is 12.4 Å². The Morgan fingerprint density at radius 1 is 1.36 bits per heavy atom. The molecule has 0 saturated carbocycles. The number of morpholine rings is 1. The van der Waals surface area contributed by atoms with Crippen LogP contribution in [0.5, 0.6) is 0 Å². The molecule has 1 saturated heterocycles. The lowest BCUT2D eigenvalue weighted by molar-refractivity contribution is -0.120. The molecule has 1 heterocycles. The maximum Gasteiger partial charge on any atom is 0.150 e. The van der Waals surface area contributed by atoms with E-state index in [0.29, 0.717) is 13.2 Å². The maximum absolute atomic E-state index is 10.4. The highest BCUT2D eigenvalue weighted by Gasteiger charge is 2.20. The first-order chi connectivity index (χ1) is 6.90. The van der Waals surface area contributed by atoms with Crippen molar-refractivity contribution < 1.29 is 9.53 Å². The van der Waals surface area contributed by atoms with E-state index in [4.69, 9.17) is 4.74 Å². The highest BCUT2D eigenvalue weighted by atomic mass is 16.5. The molecular weight excluding hydrogens is 178 g/mol. The third-order valence-electron chi connectivity index (χ3n) is 2.40. The van der Waals surface area contributed by atoms with Gasteiger partial charge in [0.2, 0.25) is 0 Å². The lowest BCUT2D eigenvalue weighted by atomic mass is 10.1. The minimum absolute atomic E-state index is 0.215. The summed E-state index contributed by atoms with van der Waals surface area (Å²) in [5.74, 6) is 0. The Bertz CT molecular complexity index is 291. The van der Waals surface area contributed by atoms with Gasteiger partial charge in [0.05, 0.1) is 12.6 Å². The fraction of sp³-hybridized carbons (Fsp3) is 0.364. The highest BCUT2D eigenvalue weighted by molar-refractivity contribution is 5.56. The maximum atomic E-state index is 10.4. The summed E-state index contributed by atoms with van der Waals surface area (Å²) in [5, 5.41) is 3.28. The Balaban J connectivity index is 1.99. The summed E-state index contributed by atoms with van der Waals surface area (Å²) in [6, 6.07) is 10.3. The van der Waals surface area contributed by atoms with Crippen LogP contribution in [-0.2, 0) is 9.53 Å². The average molecular weight is 191 g/mol. The topological polar surface area (TPSA) is 38.3 Å². The molecule has 1 aliphatic rings. The molecule has 1 aromatic rings. The molecule has 1 fully saturated rings. The molecule has 2 rings (SSSR count). The van der Waals surface area contributed by atoms with E-state index in [2.05, 4.69) is 17.4 Å². The van der Waals surface area contributed by atoms with Crippen molar-refractivity contribution in [1.82, 2.24) is 5.32 Å². The lowest BCUT2D eigenvalue weighted by Gasteiger charge is -2.27. The minimum atomic E-state index is -0.282. The van der Waals surface area contributed by atoms with Gasteiger partial charge in [0, 0.05) is 6.54 Å². The number of benzene rings is 1. The van der Waals surface area contributed by atoms with Crippen LogP contribution in [-0.4, -0.2) is 25.5 Å². The molecule has 0 bridgehead atoms. The van der Waals surface area contributed by atoms with Gasteiger partial charge < -0.3 is 14.8 Å². The number of rotatable bonds is 2. The second-order valence-electron chi connectivity index (χ2n) is 3.38. The summed E-state index contributed by atoms with van der Waals surface area (Å²) in [6.07, 6.45) is 0.559. The molecule has 14 heavy (non-hydrogen) atoms. The van der Waals surface area contributed by atoms with Crippen LogP contribution in [0.2, 0.25) is 0 Å². The van der Waals surface area contributed by atoms with Crippen molar-refractivity contribution in [3.63, 3.8) is 0 Å². The number of hydrogen-bond donors (Lipinski definition) is 1. The molecule has 3 nitrogen and oxygen atoms in total. The molecule has 0 aromatic heterocycles. The molecule has 0 radical (unpaired) electrons. The summed E-state index contributed by atoms with van der Waals surface area (Å²) < 4.78 is 5.36. The zero-order chi connectivity index (χ0) is 9.80. The summed E-state index contributed by atoms with van der Waals surface area (Å²) in [7, 11) is 0. The van der Waals surface area contributed by atoms with Gasteiger partial charge in [-0.25, -0.2) is 0 Å². The van der Waals surface area contributed by atoms with E-state index in [0.717, 1.165) is 6.29 Å². The van der Waals surface area contributed by atoms with Crippen molar-refractivity contribution in [1.29, 1.82) is 0 Å². The number of aldehydes is 1. The van der Waals surface area contributed by atoms with Gasteiger partial charge >= 0.3 is 0 Å². The predicted octanol–water partition coefficient (Wildman–Crippen LogP) is 0.915. The lowest BCUT2D eigenvalue weighted by Crippen LogP contribution is -2.41. The molecular formula is C11H13NO2. The molecule has 1 N–H and O–H groups in total. The van der Waals surface area contributed by atoms with Crippen molar-refractivity contribution in [2.75, 3.05) is 13.2 Å². The van der Waals surface area contributed by atoms with Crippen molar-refractivity contribution in [2.24, 2.45) is 0 Å². The Labute approximate surface area is 83.1 Å². The van der Waals surface area contributed by atoms with Crippen LogP contribution in [0.25, 0.3) is 0 Å². The Kier molecular flexibility index (Phi) is 2.91. The second-order valence-corrected chi connectivity index (χ2v) is 3.38. The van der Waals surface area contributed by atoms with E-state index in [1.54, 1.807) is 0 Å². The SMILES string of the molecule is O=CC1CN[C@@H](c2ccccc2)CO1. The molecule has 0 spiro atoms. The van der Waals surface area contributed by atoms with Gasteiger partial charge in [-0.3, -0.25) is 0 Å². The van der Waals surface area contributed by atoms with Crippen molar-refractivity contribution in [2.45, 2.75) is 12.1 Å². The van der Waals surface area contributed by atoms with E-state index in [1.165, 1.54) is 5.56 Å². The minimum Gasteiger partial charge on any atom is -0.367 e. The first kappa shape index (κ1) is 9.37. The van der Waals surface area contributed by atoms with Gasteiger partial charge in [-0.1, -0.05) is 30.3 Å². The van der Waals surface area contributed by atoms with Crippen molar-refractivity contribution in [3.8, 4) is 0 Å². The molecule has 74 valence electrons. The zero-order valence-corrected chi connectivity index (χ0v) is 7.85. The summed E-state index contributed by atoms with van der Waals surface area (Å²) in [6.45, 7) is 1.16. The number of ether oxygens (including phenoxy) is 1. The van der Waals surface area contributed by atoms with E-state index >= 15 is 0 Å². The number of hydrogen-bond acceptors (Lipinski definition) is 3. The van der Waals surface area contributed by atoms with Crippen LogP contribution in [0.4, 0.5) is 0 Å². The first-order valence-electron chi connectivity index (χ1n) is 4.75. The van der Waals surface area contributed by atoms with E-state index in [1.807, 2.05) is 18.2 Å². The number of carbonyl (C=O) groups excluding carboxylic acids is 1. The monoisotopic (exact) mass is 191 g/mol. The standard InChI is InChI=1S/C11H13NO2/c13-7-10-6-12-11(8-14-10)9-4-2-1-3-5-9/h1-5,7,10-12H,6,8H2/t10?,11-/m1/s1. The number of nitrogens with one attached hydrogen (secondary N) is 1. The van der Waals surface area contributed by atoms with Crippen molar-refractivity contribution in [3.05, 3.63) is 35.9 Å². The smallest absolute Gasteiger partial charge is 0.150 e. The van der Waals surface area contributed by atoms with Crippen molar-refractivity contribution >= 4 is 6.29 Å². The van der Waals surface area contributed by atoms with Gasteiger partial charge in [0.15, 0.2) is 0 Å². The van der Waals surface area contributed by atoms with E-state index < -0.39 is 0 Å². The van der Waals surface area contributed by atoms with E-state index in [-0.39, 0.29) is 12.1 Å². The van der Waals surface area contributed by atoms with Gasteiger partial charge in [-0.15, -0.1) is 0 Å². The molecule has 0 aliphatic carbocycles. The third kappa shape index (κ3) is 2.00. The highest BCUT2D eigenvalue weighted by Crippen LogP contribution is 2.16. The van der Waals surface area contributed by atoms with Crippen LogP contribution in [0.15, 0.2) is 30.3 Å². The summed E-state index contributed by atoms with van der Waals surface area (Å²) in [4.78, 5) is 10.4. The predicted molar refractivity (Wildman–Crippen MR) is 53.0 cm³/mol. The normalized spacial score (nSPS) is 27.1. The fourth-order valence-corrected chi connectivity index (χ4v) is 1.58. The molecule has 1 aromatic carbocycles. The molecule has 2 atom stereocenters. The van der Waals surface area contributed by atoms with Gasteiger partial charge in [-0.05, 0) is 5.56 Å². The summed E-state index contributed by atoms with van der Waals surface area (Å²) in [5.41, 5.74) is 1.21. The fourth-order valence-electron chi connectivity index (χ4n) is 1.58. The largest absolute Gasteiger partial charge is 0.367 e. The molecule has 0 amide bonds. The molecule has 3 heteroatoms. The van der Waals surface area contributed by atoms with Crippen LogP contribution in [0.3, 0.4) is 0 Å². The quantitative estimate of drug-likeness (QED) is 0.706. The van der Waals surface area contributed by atoms with Gasteiger partial charge in [-0.2, -0.15) is 0 Å². The van der Waals surface area contributed by atoms with Crippen LogP contribution < -0.4 is 5.32 Å². The van der Waals surface area contributed by atoms with Gasteiger partial charge in [0.25, 0.3) is 0 Å². The second kappa shape index (κ2) is 4.35. The van der Waals surface area contributed by atoms with Crippen LogP contribution in [0, 0.1) is 0 Å². The van der Waals surface area contributed by atoms with Crippen LogP contribution in [0.1, 0.15) is 11.6 Å². The zero-order valence-electron chi connectivity index (χ0n) is 7.85. The Hall–Kier alpha value is -1.19. The summed E-state index contributed by atoms with van der Waals surface area (Å²) >= 11 is 0. The number of carbonyl (C=O) groups is 1. The Morgan fingerprint density at radius 2 is 2.14 bits per heavy atom. The molecule has 1 unspecified atom stereocenters. The van der Waals surface area contributed by atoms with E-state index in [9.17, 15) is 4.79 Å².